The summed E-state index contributed by atoms with van der Waals surface area (Å²) in [5, 5.41) is 16.2. The lowest BCUT2D eigenvalue weighted by Gasteiger charge is -2.22. The van der Waals surface area contributed by atoms with Gasteiger partial charge in [-0.2, -0.15) is 0 Å². The van der Waals surface area contributed by atoms with Crippen LogP contribution < -0.4 is 10.6 Å². The molecule has 31 heavy (non-hydrogen) atoms. The van der Waals surface area contributed by atoms with Crippen molar-refractivity contribution in [2.45, 2.75) is 52.0 Å². The van der Waals surface area contributed by atoms with Crippen LogP contribution in [0.25, 0.3) is 0 Å². The number of nitrogens with zero attached hydrogens (tertiary/aromatic N) is 1. The van der Waals surface area contributed by atoms with Gasteiger partial charge in [-0.3, -0.25) is 19.7 Å². The lowest BCUT2D eigenvalue weighted by atomic mass is 9.89. The summed E-state index contributed by atoms with van der Waals surface area (Å²) in [6.45, 7) is 3.55. The maximum atomic E-state index is 12.5. The Morgan fingerprint density at radius 2 is 1.90 bits per heavy atom. The smallest absolute Gasteiger partial charge is 0.329 e. The number of esters is 1. The number of nitrogens with one attached hydrogen (secondary N) is 2. The van der Waals surface area contributed by atoms with E-state index in [-0.39, 0.29) is 22.4 Å². The molecule has 9 nitrogen and oxygen atoms in total. The van der Waals surface area contributed by atoms with Gasteiger partial charge in [0.25, 0.3) is 17.5 Å². The van der Waals surface area contributed by atoms with Gasteiger partial charge in [0.15, 0.2) is 6.61 Å². The minimum atomic E-state index is -1.02. The molecule has 0 bridgehead atoms. The van der Waals surface area contributed by atoms with E-state index >= 15 is 0 Å². The predicted octanol–water partition coefficient (Wildman–Crippen LogP) is 3.24. The van der Waals surface area contributed by atoms with Crippen LogP contribution in [-0.4, -0.2) is 41.9 Å². The van der Waals surface area contributed by atoms with Crippen molar-refractivity contribution < 1.29 is 24.0 Å². The van der Waals surface area contributed by atoms with Gasteiger partial charge in [0.1, 0.15) is 11.1 Å². The number of amides is 2. The van der Waals surface area contributed by atoms with Crippen LogP contribution in [0.1, 0.15) is 56.3 Å². The predicted molar refractivity (Wildman–Crippen MR) is 115 cm³/mol. The molecule has 1 aromatic rings. The number of benzene rings is 1. The van der Waals surface area contributed by atoms with E-state index in [1.807, 2.05) is 0 Å². The lowest BCUT2D eigenvalue weighted by molar-refractivity contribution is -0.384. The highest BCUT2D eigenvalue weighted by molar-refractivity contribution is 6.32. The molecule has 1 saturated carbocycles. The third-order valence-electron chi connectivity index (χ3n) is 5.27. The summed E-state index contributed by atoms with van der Waals surface area (Å²) in [6.07, 6.45) is 5.74. The first-order chi connectivity index (χ1) is 14.7. The van der Waals surface area contributed by atoms with E-state index in [4.69, 9.17) is 16.3 Å². The highest BCUT2D eigenvalue weighted by Gasteiger charge is 2.28. The van der Waals surface area contributed by atoms with Gasteiger partial charge in [0.05, 0.1) is 4.92 Å². The summed E-state index contributed by atoms with van der Waals surface area (Å²) in [5.74, 6) is -1.69. The van der Waals surface area contributed by atoms with E-state index in [0.717, 1.165) is 18.9 Å². The zero-order valence-electron chi connectivity index (χ0n) is 17.7. The molecule has 1 fully saturated rings. The summed E-state index contributed by atoms with van der Waals surface area (Å²) in [7, 11) is 0. The number of carbonyl (C=O) groups excluding carboxylic acids is 3. The molecular formula is C21H28ClN3O6. The Balaban J connectivity index is 1.90. The van der Waals surface area contributed by atoms with Gasteiger partial charge in [0, 0.05) is 18.2 Å². The van der Waals surface area contributed by atoms with Gasteiger partial charge in [-0.15, -0.1) is 0 Å². The number of halogens is 1. The van der Waals surface area contributed by atoms with Crippen LogP contribution in [0.4, 0.5) is 5.69 Å². The normalized spacial score (nSPS) is 15.2. The third kappa shape index (κ3) is 7.50. The largest absolute Gasteiger partial charge is 0.454 e. The molecule has 0 aromatic heterocycles. The second-order valence-electron chi connectivity index (χ2n) is 8.03. The fraction of sp³-hybridized carbons (Fsp3) is 0.571. The van der Waals surface area contributed by atoms with Crippen molar-refractivity contribution in [3.63, 3.8) is 0 Å². The quantitative estimate of drug-likeness (QED) is 0.335. The third-order valence-corrected chi connectivity index (χ3v) is 5.59. The maximum Gasteiger partial charge on any atom is 0.329 e. The fourth-order valence-electron chi connectivity index (χ4n) is 3.44. The molecule has 2 N–H and O–H groups in total. The van der Waals surface area contributed by atoms with E-state index in [9.17, 15) is 24.5 Å². The Morgan fingerprint density at radius 3 is 2.52 bits per heavy atom. The first kappa shape index (κ1) is 24.6. The van der Waals surface area contributed by atoms with E-state index in [0.29, 0.717) is 12.5 Å². The van der Waals surface area contributed by atoms with E-state index < -0.39 is 35.1 Å². The molecule has 2 rings (SSSR count). The number of nitro benzene ring substituents is 1. The first-order valence-corrected chi connectivity index (χ1v) is 10.7. The summed E-state index contributed by atoms with van der Waals surface area (Å²) in [5.41, 5.74) is -0.424. The van der Waals surface area contributed by atoms with Gasteiger partial charge in [-0.1, -0.05) is 44.7 Å². The topological polar surface area (TPSA) is 128 Å². The van der Waals surface area contributed by atoms with Crippen molar-refractivity contribution in [3.05, 3.63) is 38.9 Å². The van der Waals surface area contributed by atoms with Crippen LogP contribution >= 0.6 is 11.6 Å². The highest BCUT2D eigenvalue weighted by Crippen LogP contribution is 2.25. The Morgan fingerprint density at radius 1 is 1.23 bits per heavy atom. The van der Waals surface area contributed by atoms with Crippen LogP contribution in [0.3, 0.4) is 0 Å². The van der Waals surface area contributed by atoms with E-state index in [2.05, 4.69) is 10.6 Å². The Labute approximate surface area is 186 Å². The minimum absolute atomic E-state index is 0.0141. The van der Waals surface area contributed by atoms with Crippen LogP contribution in [-0.2, 0) is 14.3 Å². The Bertz CT molecular complexity index is 823. The molecule has 0 spiro atoms. The molecule has 0 heterocycles. The second kappa shape index (κ2) is 11.6. The number of carbonyl (C=O) groups is 3. The number of ether oxygens (including phenoxy) is 1. The Kier molecular flexibility index (Phi) is 9.23. The average molecular weight is 454 g/mol. The van der Waals surface area contributed by atoms with Crippen molar-refractivity contribution in [2.24, 2.45) is 11.8 Å². The van der Waals surface area contributed by atoms with Crippen molar-refractivity contribution in [1.29, 1.82) is 0 Å². The molecule has 1 aliphatic rings. The van der Waals surface area contributed by atoms with E-state index in [1.54, 1.807) is 13.8 Å². The molecule has 0 radical (unpaired) electrons. The minimum Gasteiger partial charge on any atom is -0.454 e. The van der Waals surface area contributed by atoms with Gasteiger partial charge in [0.2, 0.25) is 0 Å². The summed E-state index contributed by atoms with van der Waals surface area (Å²) in [6, 6.07) is 2.59. The number of rotatable bonds is 9. The molecule has 170 valence electrons. The zero-order chi connectivity index (χ0) is 23.0. The maximum absolute atomic E-state index is 12.5. The van der Waals surface area contributed by atoms with Gasteiger partial charge in [-0.25, -0.2) is 4.79 Å². The van der Waals surface area contributed by atoms with Crippen molar-refractivity contribution in [2.75, 3.05) is 13.2 Å². The zero-order valence-corrected chi connectivity index (χ0v) is 18.4. The molecule has 1 atom stereocenters. The molecule has 0 aliphatic heterocycles. The van der Waals surface area contributed by atoms with Gasteiger partial charge >= 0.3 is 5.97 Å². The monoisotopic (exact) mass is 453 g/mol. The Hall–Kier alpha value is -2.68. The van der Waals surface area contributed by atoms with E-state index in [1.165, 1.54) is 31.4 Å². The molecule has 10 heteroatoms. The van der Waals surface area contributed by atoms with Crippen LogP contribution in [0.15, 0.2) is 18.2 Å². The lowest BCUT2D eigenvalue weighted by Crippen LogP contribution is -2.46. The molecule has 2 amide bonds. The van der Waals surface area contributed by atoms with Crippen LogP contribution in [0.5, 0.6) is 0 Å². The molecule has 0 unspecified atom stereocenters. The number of hydrogen-bond donors (Lipinski definition) is 2. The summed E-state index contributed by atoms with van der Waals surface area (Å²) < 4.78 is 5.09. The highest BCUT2D eigenvalue weighted by atomic mass is 35.5. The van der Waals surface area contributed by atoms with Crippen molar-refractivity contribution in [3.8, 4) is 0 Å². The molecule has 1 aromatic carbocycles. The van der Waals surface area contributed by atoms with Gasteiger partial charge < -0.3 is 15.4 Å². The van der Waals surface area contributed by atoms with Crippen LogP contribution in [0, 0.1) is 22.0 Å². The van der Waals surface area contributed by atoms with Crippen molar-refractivity contribution >= 4 is 35.1 Å². The SMILES string of the molecule is CC(C)[C@H](NC(=O)c1ccc(Cl)c([N+](=O)[O-])c1)C(=O)OCC(=O)NCC1CCCCC1. The standard InChI is InChI=1S/C21H28ClN3O6/c1-13(2)19(24-20(27)15-8-9-16(22)17(10-15)25(29)30)21(28)31-12-18(26)23-11-14-6-4-3-5-7-14/h8-10,13-14,19H,3-7,11-12H2,1-2H3,(H,23,26)(H,24,27)/t19-/m0/s1. The molecular weight excluding hydrogens is 426 g/mol. The number of hydrogen-bond acceptors (Lipinski definition) is 6. The first-order valence-electron chi connectivity index (χ1n) is 10.4. The van der Waals surface area contributed by atoms with Crippen molar-refractivity contribution in [1.82, 2.24) is 10.6 Å². The summed E-state index contributed by atoms with van der Waals surface area (Å²) >= 11 is 5.76. The summed E-state index contributed by atoms with van der Waals surface area (Å²) in [4.78, 5) is 47.3. The van der Waals surface area contributed by atoms with Crippen LogP contribution in [0.2, 0.25) is 5.02 Å². The second-order valence-corrected chi connectivity index (χ2v) is 8.44. The fourth-order valence-corrected chi connectivity index (χ4v) is 3.63. The number of nitro groups is 1. The average Bonchev–Trinajstić information content (AvgIpc) is 2.74. The molecule has 1 aliphatic carbocycles. The van der Waals surface area contributed by atoms with Gasteiger partial charge in [-0.05, 0) is 36.8 Å². The molecule has 0 saturated heterocycles.